The lowest BCUT2D eigenvalue weighted by atomic mass is 10.0. The first-order valence-corrected chi connectivity index (χ1v) is 8.08. The molecule has 1 fully saturated rings. The van der Waals surface area contributed by atoms with Gasteiger partial charge in [-0.05, 0) is 30.2 Å². The summed E-state index contributed by atoms with van der Waals surface area (Å²) in [5.41, 5.74) is 1.01. The number of amides is 1. The molecule has 1 N–H and O–H groups in total. The molecular weight excluding hydrogens is 328 g/mol. The van der Waals surface area contributed by atoms with E-state index in [1.807, 2.05) is 30.3 Å². The Kier molecular flexibility index (Phi) is 5.40. The molecule has 0 bridgehead atoms. The molecule has 1 heterocycles. The Morgan fingerprint density at radius 1 is 1.20 bits per heavy atom. The molecule has 1 amide bonds. The van der Waals surface area contributed by atoms with Gasteiger partial charge in [0.2, 0.25) is 5.91 Å². The number of rotatable bonds is 5. The maximum Gasteiger partial charge on any atom is 0.249 e. The van der Waals surface area contributed by atoms with E-state index in [1.165, 1.54) is 4.90 Å². The van der Waals surface area contributed by atoms with E-state index in [2.05, 4.69) is 0 Å². The number of hydrogen-bond donors (Lipinski definition) is 1. The number of aliphatic hydroxyl groups excluding tert-OH is 1. The molecule has 1 saturated heterocycles. The van der Waals surface area contributed by atoms with Crippen molar-refractivity contribution in [1.29, 1.82) is 0 Å². The molecule has 0 saturated carbocycles. The molecule has 1 aliphatic rings. The summed E-state index contributed by atoms with van der Waals surface area (Å²) in [4.78, 5) is 13.8. The van der Waals surface area contributed by atoms with E-state index < -0.39 is 23.8 Å². The third-order valence-electron chi connectivity index (χ3n) is 4.25. The van der Waals surface area contributed by atoms with Gasteiger partial charge in [-0.2, -0.15) is 0 Å². The number of carbonyl (C=O) groups is 1. The SMILES string of the molecule is O=C(COCc1ccccc1)N1CC(O)CC1c1cc(F)ccc1F. The zero-order valence-electron chi connectivity index (χ0n) is 13.6. The molecule has 2 atom stereocenters. The van der Waals surface area contributed by atoms with E-state index in [4.69, 9.17) is 4.74 Å². The number of hydrogen-bond acceptors (Lipinski definition) is 3. The van der Waals surface area contributed by atoms with E-state index in [9.17, 15) is 18.7 Å². The fourth-order valence-electron chi connectivity index (χ4n) is 3.07. The molecule has 0 aliphatic carbocycles. The zero-order chi connectivity index (χ0) is 17.8. The van der Waals surface area contributed by atoms with Gasteiger partial charge in [0.15, 0.2) is 0 Å². The minimum Gasteiger partial charge on any atom is -0.391 e. The van der Waals surface area contributed by atoms with Crippen molar-refractivity contribution >= 4 is 5.91 Å². The maximum atomic E-state index is 14.0. The fourth-order valence-corrected chi connectivity index (χ4v) is 3.07. The van der Waals surface area contributed by atoms with Gasteiger partial charge in [0, 0.05) is 12.1 Å². The molecular formula is C19H19F2NO3. The van der Waals surface area contributed by atoms with Crippen LogP contribution >= 0.6 is 0 Å². The lowest BCUT2D eigenvalue weighted by Gasteiger charge is -2.25. The van der Waals surface area contributed by atoms with Crippen molar-refractivity contribution < 1.29 is 23.4 Å². The second-order valence-corrected chi connectivity index (χ2v) is 6.10. The molecule has 4 nitrogen and oxygen atoms in total. The Morgan fingerprint density at radius 3 is 2.72 bits per heavy atom. The van der Waals surface area contributed by atoms with Crippen LogP contribution in [0.4, 0.5) is 8.78 Å². The molecule has 2 unspecified atom stereocenters. The van der Waals surface area contributed by atoms with Crippen molar-refractivity contribution in [2.75, 3.05) is 13.2 Å². The molecule has 25 heavy (non-hydrogen) atoms. The lowest BCUT2D eigenvalue weighted by Crippen LogP contribution is -2.35. The van der Waals surface area contributed by atoms with Crippen molar-refractivity contribution in [3.8, 4) is 0 Å². The quantitative estimate of drug-likeness (QED) is 0.905. The molecule has 0 aromatic heterocycles. The van der Waals surface area contributed by atoms with Gasteiger partial charge >= 0.3 is 0 Å². The van der Waals surface area contributed by atoms with Crippen LogP contribution in [0.1, 0.15) is 23.6 Å². The number of carbonyl (C=O) groups excluding carboxylic acids is 1. The third-order valence-corrected chi connectivity index (χ3v) is 4.25. The molecule has 2 aromatic rings. The van der Waals surface area contributed by atoms with Crippen molar-refractivity contribution in [1.82, 2.24) is 4.90 Å². The van der Waals surface area contributed by atoms with Gasteiger partial charge < -0.3 is 14.7 Å². The van der Waals surface area contributed by atoms with Crippen molar-refractivity contribution in [2.24, 2.45) is 0 Å². The highest BCUT2D eigenvalue weighted by Gasteiger charge is 2.36. The molecule has 0 radical (unpaired) electrons. The number of benzene rings is 2. The smallest absolute Gasteiger partial charge is 0.249 e. The molecule has 2 aromatic carbocycles. The third kappa shape index (κ3) is 4.21. The van der Waals surface area contributed by atoms with Gasteiger partial charge in [-0.1, -0.05) is 30.3 Å². The largest absolute Gasteiger partial charge is 0.391 e. The summed E-state index contributed by atoms with van der Waals surface area (Å²) in [6, 6.07) is 11.8. The Labute approximate surface area is 144 Å². The van der Waals surface area contributed by atoms with Gasteiger partial charge in [-0.3, -0.25) is 4.79 Å². The summed E-state index contributed by atoms with van der Waals surface area (Å²) in [6.45, 7) is 0.172. The second kappa shape index (κ2) is 7.72. The first-order valence-electron chi connectivity index (χ1n) is 8.08. The van der Waals surface area contributed by atoms with Gasteiger partial charge in [0.25, 0.3) is 0 Å². The highest BCUT2D eigenvalue weighted by Crippen LogP contribution is 2.34. The summed E-state index contributed by atoms with van der Waals surface area (Å²) < 4.78 is 32.9. The summed E-state index contributed by atoms with van der Waals surface area (Å²) in [6.07, 6.45) is -0.601. The molecule has 132 valence electrons. The average Bonchev–Trinajstić information content (AvgIpc) is 2.99. The van der Waals surface area contributed by atoms with Crippen LogP contribution in [-0.2, 0) is 16.1 Å². The van der Waals surface area contributed by atoms with E-state index in [1.54, 1.807) is 0 Å². The van der Waals surface area contributed by atoms with Crippen molar-refractivity contribution in [3.63, 3.8) is 0 Å². The normalized spacial score (nSPS) is 20.0. The Morgan fingerprint density at radius 2 is 1.96 bits per heavy atom. The number of ether oxygens (including phenoxy) is 1. The van der Waals surface area contributed by atoms with E-state index in [0.717, 1.165) is 23.8 Å². The highest BCUT2D eigenvalue weighted by atomic mass is 19.1. The minimum absolute atomic E-state index is 0.0768. The van der Waals surface area contributed by atoms with Gasteiger partial charge in [0.05, 0.1) is 18.8 Å². The number of halogens is 2. The van der Waals surface area contributed by atoms with Crippen LogP contribution in [0, 0.1) is 11.6 Å². The van der Waals surface area contributed by atoms with E-state index in [-0.39, 0.29) is 37.6 Å². The standard InChI is InChI=1S/C19H19F2NO3/c20-14-6-7-17(21)16(8-14)18-9-15(23)10-22(18)19(24)12-25-11-13-4-2-1-3-5-13/h1-8,15,18,23H,9-12H2. The Hall–Kier alpha value is -2.31. The van der Waals surface area contributed by atoms with Gasteiger partial charge in [0.1, 0.15) is 18.2 Å². The maximum absolute atomic E-state index is 14.0. The lowest BCUT2D eigenvalue weighted by molar-refractivity contribution is -0.137. The minimum atomic E-state index is -0.772. The molecule has 0 spiro atoms. The van der Waals surface area contributed by atoms with E-state index in [0.29, 0.717) is 0 Å². The first kappa shape index (κ1) is 17.5. The summed E-state index contributed by atoms with van der Waals surface area (Å²) in [5.74, 6) is -1.53. The topological polar surface area (TPSA) is 49.8 Å². The van der Waals surface area contributed by atoms with Crippen LogP contribution in [0.15, 0.2) is 48.5 Å². The van der Waals surface area contributed by atoms with Gasteiger partial charge in [-0.25, -0.2) is 8.78 Å². The number of likely N-dealkylation sites (tertiary alicyclic amines) is 1. The molecule has 3 rings (SSSR count). The summed E-state index contributed by atoms with van der Waals surface area (Å²) in [5, 5.41) is 9.89. The van der Waals surface area contributed by atoms with Gasteiger partial charge in [-0.15, -0.1) is 0 Å². The number of β-amino-alcohol motifs (C(OH)–C–C–N with tert-alkyl or cyclic N) is 1. The number of aliphatic hydroxyl groups is 1. The Balaban J connectivity index is 1.66. The van der Waals surface area contributed by atoms with Crippen LogP contribution in [0.3, 0.4) is 0 Å². The first-order chi connectivity index (χ1) is 12.0. The van der Waals surface area contributed by atoms with Crippen LogP contribution in [0.25, 0.3) is 0 Å². The molecule has 6 heteroatoms. The van der Waals surface area contributed by atoms with Crippen LogP contribution in [-0.4, -0.2) is 35.2 Å². The predicted molar refractivity (Wildman–Crippen MR) is 87.5 cm³/mol. The summed E-state index contributed by atoms with van der Waals surface area (Å²) in [7, 11) is 0. The van der Waals surface area contributed by atoms with Crippen LogP contribution in [0.5, 0.6) is 0 Å². The second-order valence-electron chi connectivity index (χ2n) is 6.10. The molecule has 1 aliphatic heterocycles. The van der Waals surface area contributed by atoms with Crippen molar-refractivity contribution in [2.45, 2.75) is 25.2 Å². The van der Waals surface area contributed by atoms with Crippen molar-refractivity contribution in [3.05, 3.63) is 71.3 Å². The summed E-state index contributed by atoms with van der Waals surface area (Å²) >= 11 is 0. The fraction of sp³-hybridized carbons (Fsp3) is 0.316. The average molecular weight is 347 g/mol. The highest BCUT2D eigenvalue weighted by molar-refractivity contribution is 5.78. The number of nitrogens with zero attached hydrogens (tertiary/aromatic N) is 1. The predicted octanol–water partition coefficient (Wildman–Crippen LogP) is 2.82. The van der Waals surface area contributed by atoms with E-state index >= 15 is 0 Å². The monoisotopic (exact) mass is 347 g/mol. The van der Waals surface area contributed by atoms with Crippen LogP contribution in [0.2, 0.25) is 0 Å². The van der Waals surface area contributed by atoms with Crippen LogP contribution < -0.4 is 0 Å². The Bertz CT molecular complexity index is 739. The zero-order valence-corrected chi connectivity index (χ0v) is 13.6.